The lowest BCUT2D eigenvalue weighted by atomic mass is 10.2. The molecule has 1 atom stereocenters. The molecule has 4 rings (SSSR count). The van der Waals surface area contributed by atoms with Crippen molar-refractivity contribution in [2.75, 3.05) is 18.5 Å². The maximum atomic E-state index is 12.5. The molecule has 25 heavy (non-hydrogen) atoms. The second-order valence-corrected chi connectivity index (χ2v) is 7.00. The van der Waals surface area contributed by atoms with Crippen LogP contribution in [0.3, 0.4) is 0 Å². The number of nitrogens with one attached hydrogen (secondary N) is 2. The fourth-order valence-electron chi connectivity index (χ4n) is 2.57. The highest BCUT2D eigenvalue weighted by Gasteiger charge is 2.18. The molecule has 0 fully saturated rings. The number of carbonyl (C=O) groups is 1. The van der Waals surface area contributed by atoms with Gasteiger partial charge >= 0.3 is 0 Å². The Bertz CT molecular complexity index is 892. The lowest BCUT2D eigenvalue weighted by Gasteiger charge is -2.19. The number of aromatic amines is 1. The quantitative estimate of drug-likeness (QED) is 0.701. The first-order chi connectivity index (χ1) is 12.2. The molecule has 2 aromatic carbocycles. The fraction of sp³-hybridized carbons (Fsp3) is 0.222. The van der Waals surface area contributed by atoms with E-state index in [-0.39, 0.29) is 11.2 Å². The highest BCUT2D eigenvalue weighted by molar-refractivity contribution is 8.00. The minimum atomic E-state index is -0.297. The van der Waals surface area contributed by atoms with Crippen LogP contribution in [0.1, 0.15) is 6.92 Å². The molecule has 0 bridgehead atoms. The zero-order valence-electron chi connectivity index (χ0n) is 13.6. The van der Waals surface area contributed by atoms with Gasteiger partial charge in [0.15, 0.2) is 16.7 Å². The monoisotopic (exact) mass is 355 g/mol. The number of aromatic nitrogens is 2. The molecule has 0 saturated carbocycles. The topological polar surface area (TPSA) is 76.2 Å². The van der Waals surface area contributed by atoms with Crippen LogP contribution in [0.15, 0.2) is 47.6 Å². The van der Waals surface area contributed by atoms with Gasteiger partial charge in [0.2, 0.25) is 5.91 Å². The molecule has 3 aromatic rings. The van der Waals surface area contributed by atoms with Gasteiger partial charge < -0.3 is 19.8 Å². The molecular formula is C18H17N3O3S. The van der Waals surface area contributed by atoms with Gasteiger partial charge in [0.25, 0.3) is 0 Å². The van der Waals surface area contributed by atoms with Crippen LogP contribution in [0, 0.1) is 0 Å². The molecule has 2 N–H and O–H groups in total. The predicted octanol–water partition coefficient (Wildman–Crippen LogP) is 3.45. The molecule has 2 heterocycles. The first kappa shape index (κ1) is 15.8. The van der Waals surface area contributed by atoms with Gasteiger partial charge in [-0.25, -0.2) is 4.98 Å². The third kappa shape index (κ3) is 3.41. The van der Waals surface area contributed by atoms with E-state index in [1.54, 1.807) is 12.1 Å². The minimum Gasteiger partial charge on any atom is -0.486 e. The van der Waals surface area contributed by atoms with Crippen molar-refractivity contribution in [3.8, 4) is 11.5 Å². The Labute approximate surface area is 148 Å². The molecule has 0 unspecified atom stereocenters. The van der Waals surface area contributed by atoms with E-state index in [1.807, 2.05) is 37.3 Å². The average Bonchev–Trinajstić information content (AvgIpc) is 3.03. The molecule has 0 aliphatic carbocycles. The van der Waals surface area contributed by atoms with Gasteiger partial charge in [-0.3, -0.25) is 4.79 Å². The number of carbonyl (C=O) groups excluding carboxylic acids is 1. The molecule has 6 nitrogen and oxygen atoms in total. The molecule has 1 aliphatic heterocycles. The highest BCUT2D eigenvalue weighted by Crippen LogP contribution is 2.33. The van der Waals surface area contributed by atoms with Gasteiger partial charge in [-0.15, -0.1) is 0 Å². The van der Waals surface area contributed by atoms with Crippen molar-refractivity contribution in [1.29, 1.82) is 0 Å². The third-order valence-corrected chi connectivity index (χ3v) is 4.82. The first-order valence-electron chi connectivity index (χ1n) is 8.01. The minimum absolute atomic E-state index is 0.0952. The highest BCUT2D eigenvalue weighted by atomic mass is 32.2. The van der Waals surface area contributed by atoms with Crippen LogP contribution >= 0.6 is 11.8 Å². The van der Waals surface area contributed by atoms with E-state index < -0.39 is 0 Å². The van der Waals surface area contributed by atoms with Crippen LogP contribution in [0.2, 0.25) is 0 Å². The van der Waals surface area contributed by atoms with Crippen LogP contribution in [0.5, 0.6) is 11.5 Å². The zero-order valence-corrected chi connectivity index (χ0v) is 14.4. The lowest BCUT2D eigenvalue weighted by Crippen LogP contribution is -2.23. The van der Waals surface area contributed by atoms with Crippen molar-refractivity contribution >= 4 is 34.4 Å². The predicted molar refractivity (Wildman–Crippen MR) is 97.5 cm³/mol. The smallest absolute Gasteiger partial charge is 0.237 e. The summed E-state index contributed by atoms with van der Waals surface area (Å²) in [5.74, 6) is 1.26. The van der Waals surface area contributed by atoms with Crippen LogP contribution in [0.4, 0.5) is 5.69 Å². The SMILES string of the molecule is C[C@H](Sc1nc2ccccc2[nH]1)C(=O)Nc1ccc2c(c1)OCCO2. The van der Waals surface area contributed by atoms with E-state index >= 15 is 0 Å². The van der Waals surface area contributed by atoms with Crippen molar-refractivity contribution in [1.82, 2.24) is 9.97 Å². The molecule has 7 heteroatoms. The van der Waals surface area contributed by atoms with Crippen molar-refractivity contribution in [3.05, 3.63) is 42.5 Å². The summed E-state index contributed by atoms with van der Waals surface area (Å²) in [5.41, 5.74) is 2.54. The number of thioether (sulfide) groups is 1. The van der Waals surface area contributed by atoms with Gasteiger partial charge in [0.1, 0.15) is 13.2 Å². The van der Waals surface area contributed by atoms with Crippen molar-refractivity contribution in [2.24, 2.45) is 0 Å². The molecule has 1 amide bonds. The van der Waals surface area contributed by atoms with Gasteiger partial charge in [-0.1, -0.05) is 23.9 Å². The summed E-state index contributed by atoms with van der Waals surface area (Å²) >= 11 is 1.39. The Morgan fingerprint density at radius 3 is 2.84 bits per heavy atom. The Morgan fingerprint density at radius 2 is 2.00 bits per heavy atom. The number of H-pyrrole nitrogens is 1. The molecular weight excluding hydrogens is 338 g/mol. The summed E-state index contributed by atoms with van der Waals surface area (Å²) in [6, 6.07) is 13.2. The molecule has 1 aromatic heterocycles. The maximum Gasteiger partial charge on any atom is 0.237 e. The number of fused-ring (bicyclic) bond motifs is 2. The summed E-state index contributed by atoms with van der Waals surface area (Å²) < 4.78 is 11.0. The molecule has 1 aliphatic rings. The fourth-order valence-corrected chi connectivity index (χ4v) is 3.39. The number of imidazole rings is 1. The Kier molecular flexibility index (Phi) is 4.23. The molecule has 128 valence electrons. The largest absolute Gasteiger partial charge is 0.486 e. The normalized spacial score (nSPS) is 14.3. The number of hydrogen-bond acceptors (Lipinski definition) is 5. The number of nitrogens with zero attached hydrogens (tertiary/aromatic N) is 1. The van der Waals surface area contributed by atoms with E-state index in [1.165, 1.54) is 11.8 Å². The average molecular weight is 355 g/mol. The molecule has 0 spiro atoms. The molecule has 0 radical (unpaired) electrons. The summed E-state index contributed by atoms with van der Waals surface area (Å²) in [6.45, 7) is 2.91. The van der Waals surface area contributed by atoms with E-state index in [0.717, 1.165) is 16.2 Å². The number of benzene rings is 2. The van der Waals surface area contributed by atoms with Crippen LogP contribution in [-0.4, -0.2) is 34.3 Å². The number of amides is 1. The number of rotatable bonds is 4. The van der Waals surface area contributed by atoms with E-state index in [2.05, 4.69) is 15.3 Å². The van der Waals surface area contributed by atoms with Crippen molar-refractivity contribution in [2.45, 2.75) is 17.3 Å². The summed E-state index contributed by atoms with van der Waals surface area (Å²) in [5, 5.41) is 3.34. The number of ether oxygens (including phenoxy) is 2. The van der Waals surface area contributed by atoms with Crippen molar-refractivity contribution < 1.29 is 14.3 Å². The Hall–Kier alpha value is -2.67. The summed E-state index contributed by atoms with van der Waals surface area (Å²) in [6.07, 6.45) is 0. The van der Waals surface area contributed by atoms with Crippen LogP contribution < -0.4 is 14.8 Å². The van der Waals surface area contributed by atoms with E-state index in [0.29, 0.717) is 30.4 Å². The first-order valence-corrected chi connectivity index (χ1v) is 8.89. The number of anilines is 1. The third-order valence-electron chi connectivity index (χ3n) is 3.83. The lowest BCUT2D eigenvalue weighted by molar-refractivity contribution is -0.115. The Balaban J connectivity index is 1.43. The van der Waals surface area contributed by atoms with Gasteiger partial charge in [-0.05, 0) is 31.2 Å². The van der Waals surface area contributed by atoms with Crippen LogP contribution in [-0.2, 0) is 4.79 Å². The van der Waals surface area contributed by atoms with Gasteiger partial charge in [0.05, 0.1) is 16.3 Å². The summed E-state index contributed by atoms with van der Waals surface area (Å²) in [4.78, 5) is 20.2. The second-order valence-electron chi connectivity index (χ2n) is 5.67. The maximum absolute atomic E-state index is 12.5. The Morgan fingerprint density at radius 1 is 1.20 bits per heavy atom. The zero-order chi connectivity index (χ0) is 17.2. The summed E-state index contributed by atoms with van der Waals surface area (Å²) in [7, 11) is 0. The standard InChI is InChI=1S/C18H17N3O3S/c1-11(25-18-20-13-4-2-3-5-14(13)21-18)17(22)19-12-6-7-15-16(10-12)24-9-8-23-15/h2-7,10-11H,8-9H2,1H3,(H,19,22)(H,20,21)/t11-/m0/s1. The van der Waals surface area contributed by atoms with Crippen molar-refractivity contribution in [3.63, 3.8) is 0 Å². The van der Waals surface area contributed by atoms with Gasteiger partial charge in [-0.2, -0.15) is 0 Å². The van der Waals surface area contributed by atoms with E-state index in [4.69, 9.17) is 9.47 Å². The molecule has 0 saturated heterocycles. The van der Waals surface area contributed by atoms with Crippen LogP contribution in [0.25, 0.3) is 11.0 Å². The number of para-hydroxylation sites is 2. The number of hydrogen-bond donors (Lipinski definition) is 2. The van der Waals surface area contributed by atoms with Gasteiger partial charge in [0, 0.05) is 11.8 Å². The van der Waals surface area contributed by atoms with E-state index in [9.17, 15) is 4.79 Å². The second kappa shape index (κ2) is 6.68.